The Kier molecular flexibility index (Phi) is 3.73. The summed E-state index contributed by atoms with van der Waals surface area (Å²) >= 11 is 4.91. The van der Waals surface area contributed by atoms with E-state index in [2.05, 4.69) is 25.9 Å². The van der Waals surface area contributed by atoms with Crippen LogP contribution in [0.4, 0.5) is 0 Å². The predicted molar refractivity (Wildman–Crippen MR) is 86.6 cm³/mol. The number of para-hydroxylation sites is 1. The molecule has 0 unspecified atom stereocenters. The maximum atomic E-state index is 10.9. The van der Waals surface area contributed by atoms with Crippen LogP contribution in [0.15, 0.2) is 34.8 Å². The highest BCUT2D eigenvalue weighted by Gasteiger charge is 2.15. The second kappa shape index (κ2) is 5.54. The molecule has 0 radical (unpaired) electrons. The van der Waals surface area contributed by atoms with Gasteiger partial charge in [0.2, 0.25) is 0 Å². The number of hydrogen-bond donors (Lipinski definition) is 1. The Morgan fingerprint density at radius 1 is 1.33 bits per heavy atom. The third kappa shape index (κ3) is 2.82. The lowest BCUT2D eigenvalue weighted by Crippen LogP contribution is -1.99. The molecule has 1 N–H and O–H groups in total. The predicted octanol–water partition coefficient (Wildman–Crippen LogP) is 4.06. The first-order chi connectivity index (χ1) is 10.0. The minimum absolute atomic E-state index is 0.00526. The average Bonchev–Trinajstić information content (AvgIpc) is 2.78. The molecular weight excluding hydrogens is 352 g/mol. The third-order valence-electron chi connectivity index (χ3n) is 3.08. The number of rotatable bonds is 3. The van der Waals surface area contributed by atoms with Gasteiger partial charge in [-0.15, -0.1) is 11.3 Å². The van der Waals surface area contributed by atoms with E-state index in [1.807, 2.05) is 37.3 Å². The summed E-state index contributed by atoms with van der Waals surface area (Å²) in [4.78, 5) is 20.7. The first kappa shape index (κ1) is 14.2. The van der Waals surface area contributed by atoms with E-state index in [9.17, 15) is 4.79 Å². The number of benzene rings is 1. The van der Waals surface area contributed by atoms with E-state index in [-0.39, 0.29) is 6.42 Å². The SMILES string of the molecule is Cc1nc(-c2nc3ccccc3cc2Br)sc1CC(=O)O. The van der Waals surface area contributed by atoms with E-state index in [1.54, 1.807) is 0 Å². The highest BCUT2D eigenvalue weighted by molar-refractivity contribution is 9.10. The molecule has 2 aromatic heterocycles. The molecular formula is C15H11BrN2O2S. The quantitative estimate of drug-likeness (QED) is 0.762. The number of hydrogen-bond acceptors (Lipinski definition) is 4. The van der Waals surface area contributed by atoms with Crippen molar-refractivity contribution in [3.8, 4) is 10.7 Å². The van der Waals surface area contributed by atoms with Gasteiger partial charge in [0.15, 0.2) is 0 Å². The van der Waals surface area contributed by atoms with Crippen molar-refractivity contribution in [3.05, 3.63) is 45.4 Å². The van der Waals surface area contributed by atoms with E-state index in [0.717, 1.165) is 36.6 Å². The summed E-state index contributed by atoms with van der Waals surface area (Å²) in [6.07, 6.45) is -0.00526. The molecule has 0 aliphatic carbocycles. The molecule has 3 aromatic rings. The van der Waals surface area contributed by atoms with E-state index in [1.165, 1.54) is 11.3 Å². The largest absolute Gasteiger partial charge is 0.481 e. The fraction of sp³-hybridized carbons (Fsp3) is 0.133. The summed E-state index contributed by atoms with van der Waals surface area (Å²) in [6, 6.07) is 9.86. The van der Waals surface area contributed by atoms with Crippen LogP contribution in [0.3, 0.4) is 0 Å². The van der Waals surface area contributed by atoms with Crippen molar-refractivity contribution in [2.24, 2.45) is 0 Å². The number of halogens is 1. The Hall–Kier alpha value is -1.79. The summed E-state index contributed by atoms with van der Waals surface area (Å²) in [5, 5.41) is 10.7. The molecule has 21 heavy (non-hydrogen) atoms. The molecule has 2 heterocycles. The van der Waals surface area contributed by atoms with Crippen molar-refractivity contribution in [2.45, 2.75) is 13.3 Å². The summed E-state index contributed by atoms with van der Waals surface area (Å²) < 4.78 is 0.858. The van der Waals surface area contributed by atoms with E-state index in [4.69, 9.17) is 5.11 Å². The molecule has 0 bridgehead atoms. The monoisotopic (exact) mass is 362 g/mol. The third-order valence-corrected chi connectivity index (χ3v) is 4.85. The summed E-state index contributed by atoms with van der Waals surface area (Å²) in [5.74, 6) is -0.848. The number of nitrogens with zero attached hydrogens (tertiary/aromatic N) is 2. The lowest BCUT2D eigenvalue weighted by atomic mass is 10.2. The van der Waals surface area contributed by atoms with Gasteiger partial charge in [-0.25, -0.2) is 9.97 Å². The van der Waals surface area contributed by atoms with Gasteiger partial charge in [-0.3, -0.25) is 4.79 Å². The van der Waals surface area contributed by atoms with Crippen LogP contribution in [-0.2, 0) is 11.2 Å². The van der Waals surface area contributed by atoms with Crippen LogP contribution in [-0.4, -0.2) is 21.0 Å². The summed E-state index contributed by atoms with van der Waals surface area (Å²) in [6.45, 7) is 1.83. The van der Waals surface area contributed by atoms with Gasteiger partial charge in [-0.05, 0) is 35.0 Å². The zero-order chi connectivity index (χ0) is 15.0. The van der Waals surface area contributed by atoms with E-state index >= 15 is 0 Å². The molecule has 106 valence electrons. The van der Waals surface area contributed by atoms with Crippen molar-refractivity contribution in [2.75, 3.05) is 0 Å². The highest BCUT2D eigenvalue weighted by atomic mass is 79.9. The maximum absolute atomic E-state index is 10.9. The van der Waals surface area contributed by atoms with Gasteiger partial charge in [0.05, 0.1) is 17.6 Å². The van der Waals surface area contributed by atoms with Gasteiger partial charge in [0, 0.05) is 14.7 Å². The number of carboxylic acids is 1. The normalized spacial score (nSPS) is 11.0. The van der Waals surface area contributed by atoms with Crippen molar-refractivity contribution in [1.82, 2.24) is 9.97 Å². The minimum atomic E-state index is -0.848. The van der Waals surface area contributed by atoms with Gasteiger partial charge in [0.25, 0.3) is 0 Å². The van der Waals surface area contributed by atoms with Gasteiger partial charge >= 0.3 is 5.97 Å². The second-order valence-corrected chi connectivity index (χ2v) is 6.55. The standard InChI is InChI=1S/C15H11BrN2O2S/c1-8-12(7-13(19)20)21-15(17-8)14-10(16)6-9-4-2-3-5-11(9)18-14/h2-6H,7H2,1H3,(H,19,20). The van der Waals surface area contributed by atoms with Crippen molar-refractivity contribution in [3.63, 3.8) is 0 Å². The number of aromatic nitrogens is 2. The van der Waals surface area contributed by atoms with Crippen LogP contribution >= 0.6 is 27.3 Å². The Balaban J connectivity index is 2.11. The maximum Gasteiger partial charge on any atom is 0.308 e. The molecule has 0 aliphatic heterocycles. The zero-order valence-electron chi connectivity index (χ0n) is 11.1. The van der Waals surface area contributed by atoms with Crippen LogP contribution in [0.25, 0.3) is 21.6 Å². The first-order valence-corrected chi connectivity index (χ1v) is 7.89. The second-order valence-electron chi connectivity index (χ2n) is 4.61. The molecule has 0 saturated heterocycles. The fourth-order valence-electron chi connectivity index (χ4n) is 2.07. The van der Waals surface area contributed by atoms with Gasteiger partial charge in [-0.1, -0.05) is 18.2 Å². The van der Waals surface area contributed by atoms with Crippen LogP contribution < -0.4 is 0 Å². The number of carboxylic acid groups (broad SMARTS) is 1. The van der Waals surface area contributed by atoms with Crippen LogP contribution in [0.1, 0.15) is 10.6 Å². The average molecular weight is 363 g/mol. The van der Waals surface area contributed by atoms with Crippen molar-refractivity contribution >= 4 is 44.1 Å². The van der Waals surface area contributed by atoms with Gasteiger partial charge < -0.3 is 5.11 Å². The van der Waals surface area contributed by atoms with E-state index < -0.39 is 5.97 Å². The topological polar surface area (TPSA) is 63.1 Å². The molecule has 4 nitrogen and oxygen atoms in total. The Labute approximate surface area is 133 Å². The fourth-order valence-corrected chi connectivity index (χ4v) is 3.78. The number of aliphatic carboxylic acids is 1. The number of fused-ring (bicyclic) bond motifs is 1. The highest BCUT2D eigenvalue weighted by Crippen LogP contribution is 2.33. The number of pyridine rings is 1. The van der Waals surface area contributed by atoms with Gasteiger partial charge in [0.1, 0.15) is 10.7 Å². The van der Waals surface area contributed by atoms with Crippen LogP contribution in [0, 0.1) is 6.92 Å². The Morgan fingerprint density at radius 2 is 2.10 bits per heavy atom. The molecule has 6 heteroatoms. The minimum Gasteiger partial charge on any atom is -0.481 e. The number of aryl methyl sites for hydroxylation is 1. The van der Waals surface area contributed by atoms with Crippen LogP contribution in [0.2, 0.25) is 0 Å². The summed E-state index contributed by atoms with van der Waals surface area (Å²) in [7, 11) is 0. The van der Waals surface area contributed by atoms with Crippen molar-refractivity contribution in [1.29, 1.82) is 0 Å². The van der Waals surface area contributed by atoms with Crippen LogP contribution in [0.5, 0.6) is 0 Å². The lowest BCUT2D eigenvalue weighted by molar-refractivity contribution is -0.136. The molecule has 0 fully saturated rings. The number of thiazole rings is 1. The van der Waals surface area contributed by atoms with Gasteiger partial charge in [-0.2, -0.15) is 0 Å². The zero-order valence-corrected chi connectivity index (χ0v) is 13.5. The summed E-state index contributed by atoms with van der Waals surface area (Å²) in [5.41, 5.74) is 2.39. The van der Waals surface area contributed by atoms with Crippen molar-refractivity contribution < 1.29 is 9.90 Å². The molecule has 1 aromatic carbocycles. The first-order valence-electron chi connectivity index (χ1n) is 6.28. The molecule has 0 amide bonds. The molecule has 0 spiro atoms. The molecule has 3 rings (SSSR count). The van der Waals surface area contributed by atoms with E-state index in [0.29, 0.717) is 0 Å². The molecule has 0 atom stereocenters. The molecule has 0 saturated carbocycles. The Morgan fingerprint density at radius 3 is 2.86 bits per heavy atom. The lowest BCUT2D eigenvalue weighted by Gasteiger charge is -2.03. The Bertz CT molecular complexity index is 845. The number of carbonyl (C=O) groups is 1. The molecule has 0 aliphatic rings. The smallest absolute Gasteiger partial charge is 0.308 e.